The third-order valence-corrected chi connectivity index (χ3v) is 3.12. The van der Waals surface area contributed by atoms with Crippen molar-refractivity contribution < 1.29 is 13.6 Å². The Bertz CT molecular complexity index is 449. The summed E-state index contributed by atoms with van der Waals surface area (Å²) in [6.07, 6.45) is 0.406. The van der Waals surface area contributed by atoms with Crippen LogP contribution in [-0.4, -0.2) is 11.4 Å². The van der Waals surface area contributed by atoms with Gasteiger partial charge in [0, 0.05) is 6.07 Å². The summed E-state index contributed by atoms with van der Waals surface area (Å²) >= 11 is 2.91. The van der Waals surface area contributed by atoms with E-state index in [1.54, 1.807) is 13.8 Å². The van der Waals surface area contributed by atoms with Gasteiger partial charge in [-0.2, -0.15) is 0 Å². The first-order valence-electron chi connectivity index (χ1n) is 5.03. The zero-order valence-electron chi connectivity index (χ0n) is 9.48. The van der Waals surface area contributed by atoms with Gasteiger partial charge in [0.05, 0.1) is 15.7 Å². The van der Waals surface area contributed by atoms with Crippen LogP contribution in [-0.2, 0) is 4.79 Å². The Kier molecular flexibility index (Phi) is 4.21. The van der Waals surface area contributed by atoms with Crippen molar-refractivity contribution in [3.8, 4) is 0 Å². The van der Waals surface area contributed by atoms with Crippen LogP contribution in [0.25, 0.3) is 0 Å². The summed E-state index contributed by atoms with van der Waals surface area (Å²) in [6, 6.07) is 1.85. The van der Waals surface area contributed by atoms with E-state index >= 15 is 0 Å². The minimum atomic E-state index is -1.09. The first-order valence-corrected chi connectivity index (χ1v) is 5.82. The fourth-order valence-corrected chi connectivity index (χ4v) is 1.39. The van der Waals surface area contributed by atoms with Crippen molar-refractivity contribution in [3.05, 3.63) is 28.2 Å². The van der Waals surface area contributed by atoms with Crippen molar-refractivity contribution in [3.63, 3.8) is 0 Å². The predicted molar refractivity (Wildman–Crippen MR) is 65.6 cm³/mol. The monoisotopic (exact) mass is 306 g/mol. The van der Waals surface area contributed by atoms with Gasteiger partial charge in [0.25, 0.3) is 0 Å². The molecule has 0 aliphatic rings. The van der Waals surface area contributed by atoms with Gasteiger partial charge in [-0.05, 0) is 35.3 Å². The van der Waals surface area contributed by atoms with Crippen LogP contribution in [0.3, 0.4) is 0 Å². The van der Waals surface area contributed by atoms with Gasteiger partial charge in [-0.3, -0.25) is 4.79 Å². The van der Waals surface area contributed by atoms with Gasteiger partial charge < -0.3 is 11.1 Å². The first kappa shape index (κ1) is 14.1. The molecular weight excluding hydrogens is 294 g/mol. The largest absolute Gasteiger partial charge is 0.322 e. The van der Waals surface area contributed by atoms with E-state index in [1.165, 1.54) is 0 Å². The smallest absolute Gasteiger partial charge is 0.244 e. The SMILES string of the molecule is CCC(C)(N)C(=O)Nc1cc(Br)c(F)cc1F. The molecule has 3 nitrogen and oxygen atoms in total. The average molecular weight is 307 g/mol. The minimum absolute atomic E-state index is 0.0735. The number of nitrogens with one attached hydrogen (secondary N) is 1. The molecule has 0 fully saturated rings. The van der Waals surface area contributed by atoms with Crippen LogP contribution in [0.1, 0.15) is 20.3 Å². The molecule has 94 valence electrons. The zero-order chi connectivity index (χ0) is 13.2. The second-order valence-electron chi connectivity index (χ2n) is 3.97. The predicted octanol–water partition coefficient (Wildman–Crippen LogP) is 2.79. The molecule has 0 radical (unpaired) electrons. The molecule has 1 rings (SSSR count). The Labute approximate surface area is 107 Å². The van der Waals surface area contributed by atoms with E-state index in [9.17, 15) is 13.6 Å². The van der Waals surface area contributed by atoms with Gasteiger partial charge in [-0.15, -0.1) is 0 Å². The van der Waals surface area contributed by atoms with Gasteiger partial charge in [-0.25, -0.2) is 8.78 Å². The van der Waals surface area contributed by atoms with Crippen LogP contribution in [0.4, 0.5) is 14.5 Å². The number of nitrogens with two attached hydrogens (primary N) is 1. The summed E-state index contributed by atoms with van der Waals surface area (Å²) in [5, 5.41) is 2.33. The normalized spacial score (nSPS) is 14.2. The highest BCUT2D eigenvalue weighted by Gasteiger charge is 2.26. The fraction of sp³-hybridized carbons (Fsp3) is 0.364. The second-order valence-corrected chi connectivity index (χ2v) is 4.83. The van der Waals surface area contributed by atoms with E-state index < -0.39 is 23.1 Å². The number of anilines is 1. The van der Waals surface area contributed by atoms with E-state index in [1.807, 2.05) is 0 Å². The summed E-state index contributed by atoms with van der Waals surface area (Å²) in [5.74, 6) is -2.09. The van der Waals surface area contributed by atoms with Crippen molar-refractivity contribution in [2.24, 2.45) is 5.73 Å². The number of rotatable bonds is 3. The quantitative estimate of drug-likeness (QED) is 0.844. The van der Waals surface area contributed by atoms with E-state index in [4.69, 9.17) is 5.73 Å². The van der Waals surface area contributed by atoms with Gasteiger partial charge in [0.15, 0.2) is 0 Å². The van der Waals surface area contributed by atoms with E-state index in [2.05, 4.69) is 21.2 Å². The standard InChI is InChI=1S/C11H13BrF2N2O/c1-3-11(2,15)10(17)16-9-4-6(12)7(13)5-8(9)14/h4-5H,3,15H2,1-2H3,(H,16,17). The Hall–Kier alpha value is -1.01. The third kappa shape index (κ3) is 3.23. The summed E-state index contributed by atoms with van der Waals surface area (Å²) in [6.45, 7) is 3.29. The first-order chi connectivity index (χ1) is 7.77. The molecule has 17 heavy (non-hydrogen) atoms. The van der Waals surface area contributed by atoms with Gasteiger partial charge in [0.1, 0.15) is 11.6 Å². The Morgan fingerprint density at radius 3 is 2.59 bits per heavy atom. The average Bonchev–Trinajstić information content (AvgIpc) is 2.25. The molecular formula is C11H13BrF2N2O. The summed E-state index contributed by atoms with van der Waals surface area (Å²) in [7, 11) is 0. The molecule has 0 aromatic heterocycles. The van der Waals surface area contributed by atoms with E-state index in [-0.39, 0.29) is 10.2 Å². The van der Waals surface area contributed by atoms with Crippen molar-refractivity contribution in [2.75, 3.05) is 5.32 Å². The summed E-state index contributed by atoms with van der Waals surface area (Å²) in [5.41, 5.74) is 4.51. The molecule has 0 aliphatic heterocycles. The zero-order valence-corrected chi connectivity index (χ0v) is 11.1. The number of carbonyl (C=O) groups excluding carboxylic acids is 1. The van der Waals surface area contributed by atoms with Crippen LogP contribution in [0, 0.1) is 11.6 Å². The highest BCUT2D eigenvalue weighted by atomic mass is 79.9. The van der Waals surface area contributed by atoms with Crippen LogP contribution < -0.4 is 11.1 Å². The lowest BCUT2D eigenvalue weighted by Gasteiger charge is -2.21. The minimum Gasteiger partial charge on any atom is -0.322 e. The van der Waals surface area contributed by atoms with Crippen LogP contribution in [0.15, 0.2) is 16.6 Å². The lowest BCUT2D eigenvalue weighted by molar-refractivity contribution is -0.120. The molecule has 3 N–H and O–H groups in total. The molecule has 1 amide bonds. The molecule has 0 saturated heterocycles. The third-order valence-electron chi connectivity index (χ3n) is 2.51. The molecule has 6 heteroatoms. The van der Waals surface area contributed by atoms with Crippen LogP contribution >= 0.6 is 15.9 Å². The highest BCUT2D eigenvalue weighted by Crippen LogP contribution is 2.24. The molecule has 0 saturated carbocycles. The molecule has 0 aliphatic carbocycles. The van der Waals surface area contributed by atoms with Crippen molar-refractivity contribution in [1.82, 2.24) is 0 Å². The highest BCUT2D eigenvalue weighted by molar-refractivity contribution is 9.10. The maximum Gasteiger partial charge on any atom is 0.244 e. The lowest BCUT2D eigenvalue weighted by Crippen LogP contribution is -2.47. The van der Waals surface area contributed by atoms with Crippen LogP contribution in [0.5, 0.6) is 0 Å². The number of hydrogen-bond donors (Lipinski definition) is 2. The number of amides is 1. The van der Waals surface area contributed by atoms with Gasteiger partial charge in [-0.1, -0.05) is 6.92 Å². The fourth-order valence-electron chi connectivity index (χ4n) is 1.04. The Morgan fingerprint density at radius 1 is 1.47 bits per heavy atom. The Morgan fingerprint density at radius 2 is 2.06 bits per heavy atom. The van der Waals surface area contributed by atoms with Crippen molar-refractivity contribution in [2.45, 2.75) is 25.8 Å². The molecule has 0 heterocycles. The molecule has 1 aromatic rings. The molecule has 1 atom stereocenters. The Balaban J connectivity index is 2.97. The number of carbonyl (C=O) groups is 1. The second kappa shape index (κ2) is 5.10. The molecule has 0 bridgehead atoms. The molecule has 0 spiro atoms. The molecule has 1 aromatic carbocycles. The maximum atomic E-state index is 13.4. The van der Waals surface area contributed by atoms with Gasteiger partial charge in [0.2, 0.25) is 5.91 Å². The van der Waals surface area contributed by atoms with Crippen molar-refractivity contribution in [1.29, 1.82) is 0 Å². The maximum absolute atomic E-state index is 13.4. The number of halogens is 3. The lowest BCUT2D eigenvalue weighted by atomic mass is 9.99. The van der Waals surface area contributed by atoms with E-state index in [0.29, 0.717) is 12.5 Å². The van der Waals surface area contributed by atoms with Crippen LogP contribution in [0.2, 0.25) is 0 Å². The number of hydrogen-bond acceptors (Lipinski definition) is 2. The van der Waals surface area contributed by atoms with Gasteiger partial charge >= 0.3 is 0 Å². The number of benzene rings is 1. The summed E-state index contributed by atoms with van der Waals surface area (Å²) in [4.78, 5) is 11.7. The topological polar surface area (TPSA) is 55.1 Å². The van der Waals surface area contributed by atoms with E-state index in [0.717, 1.165) is 6.07 Å². The molecule has 1 unspecified atom stereocenters. The summed E-state index contributed by atoms with van der Waals surface area (Å²) < 4.78 is 26.4. The van der Waals surface area contributed by atoms with Crippen molar-refractivity contribution >= 4 is 27.5 Å².